The molecule has 3 amide bonds. The molecule has 1 aromatic carbocycles. The van der Waals surface area contributed by atoms with Gasteiger partial charge < -0.3 is 19.9 Å². The largest absolute Gasteiger partial charge is 0.381 e. The number of nitrogens with zero attached hydrogens (tertiary/aromatic N) is 3. The Kier molecular flexibility index (Phi) is 6.68. The number of hydrogen-bond acceptors (Lipinski definition) is 4. The van der Waals surface area contributed by atoms with Crippen molar-refractivity contribution in [1.82, 2.24) is 20.0 Å². The highest BCUT2D eigenvalue weighted by molar-refractivity contribution is 5.93. The van der Waals surface area contributed by atoms with Gasteiger partial charge in [-0.3, -0.25) is 9.69 Å². The molecular formula is C20H30N4O3. The zero-order chi connectivity index (χ0) is 19.2. The van der Waals surface area contributed by atoms with Gasteiger partial charge in [0.05, 0.1) is 0 Å². The van der Waals surface area contributed by atoms with Gasteiger partial charge in [0.25, 0.3) is 5.91 Å². The predicted octanol–water partition coefficient (Wildman–Crippen LogP) is 1.39. The third kappa shape index (κ3) is 5.20. The van der Waals surface area contributed by atoms with Crippen LogP contribution < -0.4 is 5.32 Å². The maximum atomic E-state index is 12.4. The highest BCUT2D eigenvalue weighted by atomic mass is 16.5. The molecule has 2 heterocycles. The maximum Gasteiger partial charge on any atom is 0.317 e. The second-order valence-electron chi connectivity index (χ2n) is 7.42. The molecule has 2 aliphatic heterocycles. The minimum absolute atomic E-state index is 0.0185. The third-order valence-corrected chi connectivity index (χ3v) is 5.36. The van der Waals surface area contributed by atoms with Gasteiger partial charge in [-0.1, -0.05) is 12.1 Å². The van der Waals surface area contributed by atoms with Gasteiger partial charge in [0.15, 0.2) is 0 Å². The first-order valence-electron chi connectivity index (χ1n) is 9.70. The topological polar surface area (TPSA) is 65.1 Å². The molecule has 0 saturated carbocycles. The summed E-state index contributed by atoms with van der Waals surface area (Å²) >= 11 is 0. The van der Waals surface area contributed by atoms with E-state index in [2.05, 4.69) is 10.2 Å². The molecule has 0 unspecified atom stereocenters. The number of ether oxygens (including phenoxy) is 1. The van der Waals surface area contributed by atoms with E-state index in [1.165, 1.54) is 0 Å². The van der Waals surface area contributed by atoms with Crippen LogP contribution in [0.2, 0.25) is 0 Å². The summed E-state index contributed by atoms with van der Waals surface area (Å²) in [6.45, 7) is 5.56. The highest BCUT2D eigenvalue weighted by Crippen LogP contribution is 2.16. The molecule has 2 fully saturated rings. The lowest BCUT2D eigenvalue weighted by molar-refractivity contribution is 0.0187. The number of rotatable bonds is 4. The Labute approximate surface area is 161 Å². The lowest BCUT2D eigenvalue weighted by atomic mass is 10.1. The van der Waals surface area contributed by atoms with Crippen LogP contribution in [-0.2, 0) is 11.3 Å². The van der Waals surface area contributed by atoms with E-state index < -0.39 is 0 Å². The van der Waals surface area contributed by atoms with Gasteiger partial charge in [-0.05, 0) is 30.5 Å². The summed E-state index contributed by atoms with van der Waals surface area (Å²) in [5.74, 6) is -0.0204. The quantitative estimate of drug-likeness (QED) is 0.865. The van der Waals surface area contributed by atoms with Crippen molar-refractivity contribution >= 4 is 11.9 Å². The second kappa shape index (κ2) is 9.19. The SMILES string of the molecule is CN(C)C(=O)c1ccc(CNC(=O)N2CCN(C3CCOCC3)CC2)cc1. The van der Waals surface area contributed by atoms with E-state index in [9.17, 15) is 9.59 Å². The molecule has 0 radical (unpaired) electrons. The molecule has 0 atom stereocenters. The molecule has 0 bridgehead atoms. The fourth-order valence-electron chi connectivity index (χ4n) is 3.65. The van der Waals surface area contributed by atoms with Crippen molar-refractivity contribution in [3.05, 3.63) is 35.4 Å². The number of piperazine rings is 1. The minimum Gasteiger partial charge on any atom is -0.381 e. The molecule has 27 heavy (non-hydrogen) atoms. The zero-order valence-corrected chi connectivity index (χ0v) is 16.3. The third-order valence-electron chi connectivity index (χ3n) is 5.36. The summed E-state index contributed by atoms with van der Waals surface area (Å²) < 4.78 is 5.43. The summed E-state index contributed by atoms with van der Waals surface area (Å²) in [6, 6.07) is 7.97. The van der Waals surface area contributed by atoms with Crippen molar-refractivity contribution < 1.29 is 14.3 Å². The van der Waals surface area contributed by atoms with Gasteiger partial charge in [0.1, 0.15) is 0 Å². The molecule has 3 rings (SSSR count). The van der Waals surface area contributed by atoms with Gasteiger partial charge in [-0.25, -0.2) is 4.79 Å². The van der Waals surface area contributed by atoms with Gasteiger partial charge in [0, 0.05) is 71.6 Å². The van der Waals surface area contributed by atoms with Crippen molar-refractivity contribution in [3.8, 4) is 0 Å². The second-order valence-corrected chi connectivity index (χ2v) is 7.42. The summed E-state index contributed by atoms with van der Waals surface area (Å²) in [7, 11) is 3.47. The number of hydrogen-bond donors (Lipinski definition) is 1. The van der Waals surface area contributed by atoms with Crippen molar-refractivity contribution in [2.45, 2.75) is 25.4 Å². The lowest BCUT2D eigenvalue weighted by Gasteiger charge is -2.40. The molecule has 1 aromatic rings. The van der Waals surface area contributed by atoms with E-state index in [1.54, 1.807) is 31.1 Å². The van der Waals surface area contributed by atoms with Crippen molar-refractivity contribution in [1.29, 1.82) is 0 Å². The standard InChI is InChI=1S/C20H30N4O3/c1-22(2)19(25)17-5-3-16(4-6-17)15-21-20(26)24-11-9-23(10-12-24)18-7-13-27-14-8-18/h3-6,18H,7-15H2,1-2H3,(H,21,26). The Balaban J connectivity index is 1.42. The van der Waals surface area contributed by atoms with Crippen LogP contribution in [0.4, 0.5) is 4.79 Å². The number of carbonyl (C=O) groups is 2. The lowest BCUT2D eigenvalue weighted by Crippen LogP contribution is -2.54. The molecule has 0 aliphatic carbocycles. The summed E-state index contributed by atoms with van der Waals surface area (Å²) in [5, 5.41) is 2.99. The van der Waals surface area contributed by atoms with E-state index >= 15 is 0 Å². The molecule has 1 N–H and O–H groups in total. The van der Waals surface area contributed by atoms with Crippen LogP contribution in [0, 0.1) is 0 Å². The Hall–Kier alpha value is -2.12. The van der Waals surface area contributed by atoms with Crippen LogP contribution in [0.25, 0.3) is 0 Å². The normalized spacial score (nSPS) is 19.0. The van der Waals surface area contributed by atoms with Gasteiger partial charge in [-0.2, -0.15) is 0 Å². The molecule has 0 spiro atoms. The van der Waals surface area contributed by atoms with Gasteiger partial charge in [-0.15, -0.1) is 0 Å². The molecule has 0 aromatic heterocycles. The van der Waals surface area contributed by atoms with E-state index in [-0.39, 0.29) is 11.9 Å². The zero-order valence-electron chi connectivity index (χ0n) is 16.3. The van der Waals surface area contributed by atoms with E-state index in [4.69, 9.17) is 4.74 Å². The Morgan fingerprint density at radius 1 is 1.07 bits per heavy atom. The summed E-state index contributed by atoms with van der Waals surface area (Å²) in [5.41, 5.74) is 1.64. The van der Waals surface area contributed by atoms with Crippen LogP contribution in [0.3, 0.4) is 0 Å². The number of benzene rings is 1. The van der Waals surface area contributed by atoms with Crippen LogP contribution in [0.1, 0.15) is 28.8 Å². The average Bonchev–Trinajstić information content (AvgIpc) is 2.72. The Morgan fingerprint density at radius 3 is 2.30 bits per heavy atom. The van der Waals surface area contributed by atoms with Crippen LogP contribution in [0.5, 0.6) is 0 Å². The fraction of sp³-hybridized carbons (Fsp3) is 0.600. The number of urea groups is 1. The van der Waals surface area contributed by atoms with Crippen molar-refractivity contribution in [3.63, 3.8) is 0 Å². The van der Waals surface area contributed by atoms with Gasteiger partial charge >= 0.3 is 6.03 Å². The maximum absolute atomic E-state index is 12.4. The first-order valence-corrected chi connectivity index (χ1v) is 9.70. The molecule has 148 valence electrons. The number of nitrogens with one attached hydrogen (secondary N) is 1. The van der Waals surface area contributed by atoms with Crippen LogP contribution in [-0.4, -0.2) is 86.2 Å². The first kappa shape index (κ1) is 19.6. The highest BCUT2D eigenvalue weighted by Gasteiger charge is 2.27. The molecule has 7 nitrogen and oxygen atoms in total. The smallest absolute Gasteiger partial charge is 0.317 e. The monoisotopic (exact) mass is 374 g/mol. The first-order chi connectivity index (χ1) is 13.0. The summed E-state index contributed by atoms with van der Waals surface area (Å²) in [4.78, 5) is 30.3. The Bertz CT molecular complexity index is 633. The number of carbonyl (C=O) groups excluding carboxylic acids is 2. The van der Waals surface area contributed by atoms with E-state index in [0.29, 0.717) is 18.2 Å². The predicted molar refractivity (Wildman–Crippen MR) is 104 cm³/mol. The molecule has 7 heteroatoms. The van der Waals surface area contributed by atoms with Gasteiger partial charge in [0.2, 0.25) is 0 Å². The van der Waals surface area contributed by atoms with Crippen LogP contribution >= 0.6 is 0 Å². The average molecular weight is 374 g/mol. The molecule has 2 aliphatic rings. The van der Waals surface area contributed by atoms with Crippen LogP contribution in [0.15, 0.2) is 24.3 Å². The van der Waals surface area contributed by atoms with Crippen molar-refractivity contribution in [2.75, 3.05) is 53.5 Å². The Morgan fingerprint density at radius 2 is 1.70 bits per heavy atom. The van der Waals surface area contributed by atoms with E-state index in [0.717, 1.165) is 57.8 Å². The molecule has 2 saturated heterocycles. The fourth-order valence-corrected chi connectivity index (χ4v) is 3.65. The minimum atomic E-state index is -0.0204. The summed E-state index contributed by atoms with van der Waals surface area (Å²) in [6.07, 6.45) is 2.19. The molecular weight excluding hydrogens is 344 g/mol. The number of amides is 3. The van der Waals surface area contributed by atoms with E-state index in [1.807, 2.05) is 17.0 Å². The van der Waals surface area contributed by atoms with Crippen molar-refractivity contribution in [2.24, 2.45) is 0 Å².